The molecule has 0 bridgehead atoms. The normalized spacial score (nSPS) is 15.9. The number of hydrogen-bond acceptors (Lipinski definition) is 2. The van der Waals surface area contributed by atoms with Crippen molar-refractivity contribution in [1.29, 1.82) is 0 Å². The Kier molecular flexibility index (Phi) is 7.45. The minimum absolute atomic E-state index is 0.126. The van der Waals surface area contributed by atoms with Gasteiger partial charge in [0, 0.05) is 83.4 Å². The Morgan fingerprint density at radius 3 is 0.978 bits per heavy atom. The van der Waals surface area contributed by atoms with Crippen molar-refractivity contribution in [3.05, 3.63) is 265 Å². The maximum absolute atomic E-state index is 9.58. The molecule has 2 nitrogen and oxygen atoms in total. The molecule has 0 saturated heterocycles. The highest BCUT2D eigenvalue weighted by Crippen LogP contribution is 2.54. The van der Waals surface area contributed by atoms with Gasteiger partial charge in [0.2, 0.25) is 0 Å². The van der Waals surface area contributed by atoms with E-state index in [2.05, 4.69) is 57.3 Å². The molecule has 19 aromatic rings. The Balaban J connectivity index is 0.981. The highest BCUT2D eigenvalue weighted by molar-refractivity contribution is 7.27. The Bertz CT molecular complexity index is 6750. The molecule has 0 fully saturated rings. The minimum atomic E-state index is -0.698. The summed E-state index contributed by atoms with van der Waals surface area (Å²) >= 11 is 3.35. The molecule has 19 rings (SSSR count). The third-order valence-electron chi connectivity index (χ3n) is 18.6. The van der Waals surface area contributed by atoms with Crippen molar-refractivity contribution in [2.45, 2.75) is 52.4 Å². The van der Waals surface area contributed by atoms with Crippen LogP contribution in [0.4, 0.5) is 0 Å². The van der Waals surface area contributed by atoms with Crippen molar-refractivity contribution in [2.75, 3.05) is 0 Å². The topological polar surface area (TPSA) is 8.82 Å². The van der Waals surface area contributed by atoms with Gasteiger partial charge in [0.25, 0.3) is 0 Å². The van der Waals surface area contributed by atoms with E-state index in [1.54, 1.807) is 46.9 Å². The molecule has 6 heterocycles. The van der Waals surface area contributed by atoms with Gasteiger partial charge in [-0.05, 0) is 162 Å². The molecule has 426 valence electrons. The van der Waals surface area contributed by atoms with Crippen LogP contribution in [0, 0.1) is 0 Å². The van der Waals surface area contributed by atoms with Crippen LogP contribution in [-0.2, 0) is 10.8 Å². The molecule has 0 unspecified atom stereocenters. The molecule has 4 heteroatoms. The van der Waals surface area contributed by atoms with Gasteiger partial charge in [-0.2, -0.15) is 0 Å². The third kappa shape index (κ3) is 7.38. The van der Waals surface area contributed by atoms with Crippen LogP contribution in [0.25, 0.3) is 183 Å². The highest BCUT2D eigenvalue weighted by Gasteiger charge is 2.30. The van der Waals surface area contributed by atoms with Crippen LogP contribution in [0.2, 0.25) is 0 Å². The molecule has 13 aromatic carbocycles. The quantitative estimate of drug-likeness (QED) is 0.157. The lowest BCUT2D eigenvalue weighted by atomic mass is 9.79. The van der Waals surface area contributed by atoms with Gasteiger partial charge in [-0.25, -0.2) is 0 Å². The van der Waals surface area contributed by atoms with Gasteiger partial charge in [0.15, 0.2) is 0 Å². The second-order valence-corrected chi connectivity index (χ2v) is 27.8. The lowest BCUT2D eigenvalue weighted by Gasteiger charge is -2.25. The molecule has 0 aliphatic rings. The zero-order chi connectivity index (χ0) is 77.5. The maximum Gasteiger partial charge on any atom is 0.0635 e. The molecule has 0 radical (unpaired) electrons. The van der Waals surface area contributed by atoms with E-state index in [1.807, 2.05) is 102 Å². The van der Waals surface area contributed by atoms with Crippen molar-refractivity contribution < 1.29 is 27.4 Å². The van der Waals surface area contributed by atoms with E-state index in [-0.39, 0.29) is 55.6 Å². The van der Waals surface area contributed by atoms with Crippen molar-refractivity contribution in [2.24, 2.45) is 0 Å². The highest BCUT2D eigenvalue weighted by atomic mass is 32.1. The fourth-order valence-corrected chi connectivity index (χ4v) is 16.9. The first kappa shape index (κ1) is 35.8. The molecular formula is C86H60N2S2. The fourth-order valence-electron chi connectivity index (χ4n) is 14.5. The number of fused-ring (bicyclic) bond motifs is 20. The molecular weight excluding hydrogens is 1130 g/mol. The van der Waals surface area contributed by atoms with Gasteiger partial charge in [0.05, 0.1) is 60.5 Å². The number of nitrogens with zero attached hydrogens (tertiary/aromatic N) is 2. The van der Waals surface area contributed by atoms with Gasteiger partial charge in [-0.3, -0.25) is 0 Å². The fraction of sp³-hybridized carbons (Fsp3) is 0.0930. The monoisotopic (exact) mass is 1200 g/mol. The zero-order valence-electron chi connectivity index (χ0n) is 69.4. The molecule has 0 amide bonds. The standard InChI is InChI=1S/C86H60N2S2/c1-85(2,3)55-41-61(49-23-11-7-12-24-49)77(62(42-55)50-25-13-8-14-26-50)53-35-37-59-71(39-53)87-73-47-66-68-46-70-58-32-20-22-34-76(58)90-84(70)80-60-38-36-54(78-63(51-27-15-9-16-28-51)43-56(86(4,5)6)44-64(78)52-29-17-10-18-30-52)40-72(60)88(82(68)80)74(66)48-65(73)67-45-69-57-31-19-21-33-75(57)89-83(69)79(59)81(67)87/h7-48H,1-6H3/i7D,8D,9D,10D,11D,12D,13D,14D,15D,16D,17D,18D,23D,24D,25D,26D,27D,28D,29D,30D. The van der Waals surface area contributed by atoms with E-state index in [9.17, 15) is 11.0 Å². The van der Waals surface area contributed by atoms with Crippen LogP contribution in [0.5, 0.6) is 0 Å². The van der Waals surface area contributed by atoms with Crippen molar-refractivity contribution in [1.82, 2.24) is 8.80 Å². The molecule has 0 aliphatic heterocycles. The number of thiophene rings is 2. The van der Waals surface area contributed by atoms with Crippen molar-refractivity contribution >= 4 is 139 Å². The minimum Gasteiger partial charge on any atom is -0.308 e. The van der Waals surface area contributed by atoms with E-state index in [0.29, 0.717) is 22.3 Å². The SMILES string of the molecule is [2H]c1c([2H])c([2H])c(-c2cc(C(C)(C)C)cc(-c3c([2H])c([2H])c([2H])c([2H])c3[2H])c2-c2ccc3c4c5sc6ccccc6c5cc5c6cc7c(cc6n(c3c2)c54)c2cc3c4ccccc4sc3c3c4ccc(-c5c(-c6c([2H])c([2H])c([2H])c([2H])c6[2H])cc(C(C)(C)C)cc5-c5c([2H])c([2H])c([2H])c([2H])c5[2H])cc4n7c23)c([2H])c1[2H]. The summed E-state index contributed by atoms with van der Waals surface area (Å²) in [6.45, 7) is 11.7. The number of aromatic nitrogens is 2. The van der Waals surface area contributed by atoms with E-state index < -0.39 is 132 Å². The van der Waals surface area contributed by atoms with Crippen LogP contribution in [0.15, 0.2) is 254 Å². The summed E-state index contributed by atoms with van der Waals surface area (Å²) in [6, 6.07) is 33.9. The van der Waals surface area contributed by atoms with E-state index in [0.717, 1.165) is 117 Å². The first-order valence-corrected chi connectivity index (χ1v) is 31.5. The van der Waals surface area contributed by atoms with E-state index in [4.69, 9.17) is 16.4 Å². The molecule has 0 aliphatic carbocycles. The molecule has 0 N–H and O–H groups in total. The average Bonchev–Trinajstić information content (AvgIpc) is 1.50. The number of rotatable bonds is 6. The molecule has 0 spiro atoms. The lowest BCUT2D eigenvalue weighted by molar-refractivity contribution is 0.590. The van der Waals surface area contributed by atoms with Gasteiger partial charge in [-0.1, -0.05) is 223 Å². The maximum atomic E-state index is 9.58. The summed E-state index contributed by atoms with van der Waals surface area (Å²) in [5.41, 5.74) is 6.53. The summed E-state index contributed by atoms with van der Waals surface area (Å²) in [7, 11) is 0. The second-order valence-electron chi connectivity index (χ2n) is 25.7. The van der Waals surface area contributed by atoms with Crippen molar-refractivity contribution in [3.63, 3.8) is 0 Å². The largest absolute Gasteiger partial charge is 0.308 e. The van der Waals surface area contributed by atoms with Crippen molar-refractivity contribution in [3.8, 4) is 66.8 Å². The third-order valence-corrected chi connectivity index (χ3v) is 21.0. The van der Waals surface area contributed by atoms with E-state index in [1.165, 1.54) is 0 Å². The van der Waals surface area contributed by atoms with Crippen LogP contribution >= 0.6 is 22.7 Å². The summed E-state index contributed by atoms with van der Waals surface area (Å²) in [4.78, 5) is 0. The van der Waals surface area contributed by atoms with Gasteiger partial charge < -0.3 is 8.80 Å². The molecule has 6 aromatic heterocycles. The summed E-state index contributed by atoms with van der Waals surface area (Å²) in [5, 5.41) is 11.4. The van der Waals surface area contributed by atoms with Gasteiger partial charge >= 0.3 is 0 Å². The van der Waals surface area contributed by atoms with Crippen LogP contribution in [0.1, 0.15) is 80.1 Å². The smallest absolute Gasteiger partial charge is 0.0635 e. The van der Waals surface area contributed by atoms with Crippen LogP contribution < -0.4 is 0 Å². The predicted octanol–water partition coefficient (Wildman–Crippen LogP) is 25.3. The van der Waals surface area contributed by atoms with Crippen LogP contribution in [-0.4, -0.2) is 8.80 Å². The second kappa shape index (κ2) is 18.7. The first-order valence-electron chi connectivity index (χ1n) is 39.9. The Labute approximate surface area is 557 Å². The lowest BCUT2D eigenvalue weighted by Crippen LogP contribution is -2.12. The summed E-state index contributed by atoms with van der Waals surface area (Å²) in [6.07, 6.45) is 0. The molecule has 0 atom stereocenters. The number of hydrogen-bond donors (Lipinski definition) is 0. The van der Waals surface area contributed by atoms with Crippen LogP contribution in [0.3, 0.4) is 0 Å². The average molecular weight is 1210 g/mol. The Morgan fingerprint density at radius 1 is 0.300 bits per heavy atom. The van der Waals surface area contributed by atoms with Gasteiger partial charge in [0.1, 0.15) is 0 Å². The molecule has 90 heavy (non-hydrogen) atoms. The summed E-state index contributed by atoms with van der Waals surface area (Å²) < 4.78 is 193. The predicted molar refractivity (Wildman–Crippen MR) is 392 cm³/mol. The molecule has 0 saturated carbocycles. The van der Waals surface area contributed by atoms with E-state index >= 15 is 0 Å². The zero-order valence-corrected chi connectivity index (χ0v) is 51.0. The Morgan fingerprint density at radius 2 is 0.633 bits per heavy atom. The van der Waals surface area contributed by atoms with Gasteiger partial charge in [-0.15, -0.1) is 22.7 Å². The first-order chi connectivity index (χ1) is 52.2. The summed E-state index contributed by atoms with van der Waals surface area (Å²) in [5.74, 6) is 0. The Hall–Kier alpha value is -10.1. The number of benzene rings is 13.